The minimum Gasteiger partial charge on any atom is -0.286 e. The Labute approximate surface area is 167 Å². The monoisotopic (exact) mass is 423 g/mol. The molecule has 1 heterocycles. The van der Waals surface area contributed by atoms with Gasteiger partial charge in [-0.1, -0.05) is 13.8 Å². The van der Waals surface area contributed by atoms with E-state index in [1.165, 1.54) is 23.5 Å². The molecule has 2 atom stereocenters. The van der Waals surface area contributed by atoms with Gasteiger partial charge in [0.05, 0.1) is 11.4 Å². The highest BCUT2D eigenvalue weighted by atomic mass is 32.2. The number of hydrazone groups is 1. The van der Waals surface area contributed by atoms with Gasteiger partial charge in [-0.2, -0.15) is 13.5 Å². The minimum atomic E-state index is -4.13. The molecule has 2 aromatic rings. The summed E-state index contributed by atoms with van der Waals surface area (Å²) in [6.45, 7) is 4.13. The molecule has 9 heteroatoms. The van der Waals surface area contributed by atoms with E-state index in [-0.39, 0.29) is 17.0 Å². The second kappa shape index (κ2) is 6.60. The number of hydrogen-bond acceptors (Lipinski definition) is 6. The Morgan fingerprint density at radius 3 is 2.71 bits per heavy atom. The highest BCUT2D eigenvalue weighted by Crippen LogP contribution is 2.64. The highest BCUT2D eigenvalue weighted by molar-refractivity contribution is 7.85. The zero-order valence-electron chi connectivity index (χ0n) is 15.6. The van der Waals surface area contributed by atoms with Crippen LogP contribution in [0, 0.1) is 22.6 Å². The molecular formula is C19H22FN3O3S2. The summed E-state index contributed by atoms with van der Waals surface area (Å²) in [5.41, 5.74) is 4.37. The molecule has 4 rings (SSSR count). The number of rotatable bonds is 5. The van der Waals surface area contributed by atoms with Crippen LogP contribution in [-0.2, 0) is 10.1 Å². The summed E-state index contributed by atoms with van der Waals surface area (Å²) in [4.78, 5) is 4.48. The van der Waals surface area contributed by atoms with E-state index in [2.05, 4.69) is 29.4 Å². The fraction of sp³-hybridized carbons (Fsp3) is 0.474. The van der Waals surface area contributed by atoms with E-state index in [0.29, 0.717) is 29.6 Å². The Morgan fingerprint density at radius 1 is 1.36 bits per heavy atom. The molecule has 2 saturated carbocycles. The molecule has 0 spiro atoms. The number of nitrogens with one attached hydrogen (secondary N) is 1. The molecular weight excluding hydrogens is 401 g/mol. The van der Waals surface area contributed by atoms with Gasteiger partial charge in [0.1, 0.15) is 5.82 Å². The van der Waals surface area contributed by atoms with Crippen molar-refractivity contribution in [2.75, 3.05) is 11.2 Å². The lowest BCUT2D eigenvalue weighted by atomic mass is 9.70. The van der Waals surface area contributed by atoms with Crippen LogP contribution >= 0.6 is 11.3 Å². The molecule has 28 heavy (non-hydrogen) atoms. The van der Waals surface area contributed by atoms with Gasteiger partial charge < -0.3 is 0 Å². The van der Waals surface area contributed by atoms with Crippen LogP contribution in [0.5, 0.6) is 0 Å². The van der Waals surface area contributed by atoms with Crippen molar-refractivity contribution >= 4 is 32.3 Å². The zero-order valence-corrected chi connectivity index (χ0v) is 17.3. The molecule has 0 amide bonds. The van der Waals surface area contributed by atoms with Gasteiger partial charge in [0.25, 0.3) is 10.1 Å². The standard InChI is InChI=1S/C19H22FN3O3S2/c1-18(2)13-7-8-19(18,11-28(24,25)26)16(9-13)22-23-17-21-15(10-27-17)12-3-5-14(20)6-4-12/h3-6,10,13H,7-9,11H2,1-2H3,(H,21,23)(H,24,25,26). The second-order valence-corrected chi connectivity index (χ2v) is 10.5. The van der Waals surface area contributed by atoms with Crippen molar-refractivity contribution in [3.63, 3.8) is 0 Å². The number of halogens is 1. The maximum Gasteiger partial charge on any atom is 0.265 e. The fourth-order valence-electron chi connectivity index (χ4n) is 4.80. The second-order valence-electron chi connectivity index (χ2n) is 8.18. The predicted octanol–water partition coefficient (Wildman–Crippen LogP) is 4.43. The van der Waals surface area contributed by atoms with Crippen LogP contribution in [0.1, 0.15) is 33.1 Å². The van der Waals surface area contributed by atoms with Crippen LogP contribution in [-0.4, -0.2) is 29.4 Å². The maximum absolute atomic E-state index is 13.1. The summed E-state index contributed by atoms with van der Waals surface area (Å²) < 4.78 is 46.0. The Kier molecular flexibility index (Phi) is 4.59. The van der Waals surface area contributed by atoms with Crippen molar-refractivity contribution in [2.45, 2.75) is 33.1 Å². The van der Waals surface area contributed by atoms with Gasteiger partial charge in [-0.05, 0) is 54.9 Å². The van der Waals surface area contributed by atoms with Gasteiger partial charge in [0.2, 0.25) is 5.13 Å². The minimum absolute atomic E-state index is 0.245. The van der Waals surface area contributed by atoms with Crippen LogP contribution in [0.4, 0.5) is 9.52 Å². The summed E-state index contributed by atoms with van der Waals surface area (Å²) >= 11 is 1.37. The number of nitrogens with zero attached hydrogens (tertiary/aromatic N) is 2. The molecule has 2 aliphatic rings. The van der Waals surface area contributed by atoms with Gasteiger partial charge >= 0.3 is 0 Å². The van der Waals surface area contributed by atoms with Crippen LogP contribution < -0.4 is 5.43 Å². The first-order chi connectivity index (χ1) is 13.1. The fourth-order valence-corrected chi connectivity index (χ4v) is 6.76. The first-order valence-corrected chi connectivity index (χ1v) is 11.6. The summed E-state index contributed by atoms with van der Waals surface area (Å²) in [6, 6.07) is 6.11. The van der Waals surface area contributed by atoms with E-state index in [1.807, 2.05) is 5.38 Å². The lowest BCUT2D eigenvalue weighted by Crippen LogP contribution is -2.42. The van der Waals surface area contributed by atoms with Gasteiger partial charge in [0, 0.05) is 22.1 Å². The molecule has 0 aliphatic heterocycles. The van der Waals surface area contributed by atoms with Crippen molar-refractivity contribution in [3.8, 4) is 11.3 Å². The van der Waals surface area contributed by atoms with Gasteiger partial charge in [-0.3, -0.25) is 9.98 Å². The largest absolute Gasteiger partial charge is 0.286 e. The number of benzene rings is 1. The topological polar surface area (TPSA) is 91.7 Å². The summed E-state index contributed by atoms with van der Waals surface area (Å²) in [7, 11) is -4.13. The Morgan fingerprint density at radius 2 is 2.07 bits per heavy atom. The smallest absolute Gasteiger partial charge is 0.265 e. The Balaban J connectivity index is 1.59. The number of anilines is 1. The van der Waals surface area contributed by atoms with Crippen LogP contribution in [0.3, 0.4) is 0 Å². The molecule has 2 unspecified atom stereocenters. The lowest BCUT2D eigenvalue weighted by Gasteiger charge is -2.37. The van der Waals surface area contributed by atoms with Crippen molar-refractivity contribution in [1.29, 1.82) is 0 Å². The maximum atomic E-state index is 13.1. The average molecular weight is 424 g/mol. The molecule has 2 N–H and O–H groups in total. The first kappa shape index (κ1) is 19.5. The van der Waals surface area contributed by atoms with Crippen LogP contribution in [0.25, 0.3) is 11.3 Å². The van der Waals surface area contributed by atoms with E-state index in [4.69, 9.17) is 0 Å². The van der Waals surface area contributed by atoms with Crippen molar-refractivity contribution in [1.82, 2.24) is 4.98 Å². The van der Waals surface area contributed by atoms with Gasteiger partial charge in [-0.25, -0.2) is 9.37 Å². The van der Waals surface area contributed by atoms with E-state index in [0.717, 1.165) is 17.7 Å². The van der Waals surface area contributed by atoms with Crippen LogP contribution in [0.15, 0.2) is 34.7 Å². The molecule has 150 valence electrons. The third kappa shape index (κ3) is 3.25. The Hall–Kier alpha value is -1.84. The molecule has 6 nitrogen and oxygen atoms in total. The quantitative estimate of drug-likeness (QED) is 0.548. The number of fused-ring (bicyclic) bond motifs is 2. The predicted molar refractivity (Wildman–Crippen MR) is 109 cm³/mol. The highest BCUT2D eigenvalue weighted by Gasteiger charge is 2.64. The van der Waals surface area contributed by atoms with E-state index in [1.54, 1.807) is 12.1 Å². The van der Waals surface area contributed by atoms with Crippen molar-refractivity contribution in [2.24, 2.45) is 21.8 Å². The zero-order chi connectivity index (χ0) is 20.2. The molecule has 2 aliphatic carbocycles. The van der Waals surface area contributed by atoms with E-state index in [9.17, 15) is 17.4 Å². The number of aromatic nitrogens is 1. The van der Waals surface area contributed by atoms with Gasteiger partial charge in [-0.15, -0.1) is 11.3 Å². The third-order valence-corrected chi connectivity index (χ3v) is 8.13. The van der Waals surface area contributed by atoms with E-state index >= 15 is 0 Å². The molecule has 2 bridgehead atoms. The molecule has 0 radical (unpaired) electrons. The van der Waals surface area contributed by atoms with E-state index < -0.39 is 15.5 Å². The lowest BCUT2D eigenvalue weighted by molar-refractivity contribution is 0.193. The molecule has 0 saturated heterocycles. The third-order valence-electron chi connectivity index (χ3n) is 6.53. The summed E-state index contributed by atoms with van der Waals surface area (Å²) in [5, 5.41) is 6.96. The average Bonchev–Trinajstić information content (AvgIpc) is 3.22. The SMILES string of the molecule is CC1(C)C2CCC1(CS(=O)(=O)O)C(=NNc1nc(-c3ccc(F)cc3)cs1)C2. The number of thiazole rings is 1. The normalized spacial score (nSPS) is 27.4. The van der Waals surface area contributed by atoms with Crippen molar-refractivity contribution < 1.29 is 17.4 Å². The molecule has 1 aromatic heterocycles. The van der Waals surface area contributed by atoms with Crippen molar-refractivity contribution in [3.05, 3.63) is 35.5 Å². The first-order valence-electron chi connectivity index (χ1n) is 9.10. The summed E-state index contributed by atoms with van der Waals surface area (Å²) in [6.07, 6.45) is 2.35. The molecule has 1 aromatic carbocycles. The Bertz CT molecular complexity index is 1030. The molecule has 2 fully saturated rings. The van der Waals surface area contributed by atoms with Crippen LogP contribution in [0.2, 0.25) is 0 Å². The van der Waals surface area contributed by atoms with Gasteiger partial charge in [0.15, 0.2) is 0 Å². The summed E-state index contributed by atoms with van der Waals surface area (Å²) in [5.74, 6) is -0.254. The number of hydrogen-bond donors (Lipinski definition) is 2.